The summed E-state index contributed by atoms with van der Waals surface area (Å²) in [5.74, 6) is -1.59. The van der Waals surface area contributed by atoms with E-state index in [1.807, 2.05) is 0 Å². The standard InChI is InChI=1S/C7H5ClFNO5S/c1-15-6-2-4(9)5(10(11)12)3-7(6)16(8,13)14/h2-3H,1H3. The predicted molar refractivity (Wildman–Crippen MR) is 52.6 cm³/mol. The summed E-state index contributed by atoms with van der Waals surface area (Å²) in [7, 11) is 1.87. The Balaban J connectivity index is 3.60. The number of hydrogen-bond acceptors (Lipinski definition) is 5. The molecule has 0 saturated carbocycles. The molecule has 0 aromatic heterocycles. The number of benzene rings is 1. The Kier molecular flexibility index (Phi) is 3.34. The van der Waals surface area contributed by atoms with Crippen molar-refractivity contribution in [1.82, 2.24) is 0 Å². The zero-order valence-electron chi connectivity index (χ0n) is 7.81. The zero-order chi connectivity index (χ0) is 12.5. The van der Waals surface area contributed by atoms with Crippen LogP contribution in [0.4, 0.5) is 10.1 Å². The molecule has 0 heterocycles. The first-order chi connectivity index (χ1) is 7.27. The van der Waals surface area contributed by atoms with Gasteiger partial charge >= 0.3 is 5.69 Å². The molecule has 88 valence electrons. The zero-order valence-corrected chi connectivity index (χ0v) is 9.38. The van der Waals surface area contributed by atoms with Gasteiger partial charge in [0.2, 0.25) is 5.82 Å². The minimum absolute atomic E-state index is 0.391. The number of halogens is 2. The third-order valence-corrected chi connectivity index (χ3v) is 3.04. The average Bonchev–Trinajstić information content (AvgIpc) is 2.14. The molecule has 0 unspecified atom stereocenters. The fraction of sp³-hybridized carbons (Fsp3) is 0.143. The lowest BCUT2D eigenvalue weighted by molar-refractivity contribution is -0.387. The molecule has 0 spiro atoms. The van der Waals surface area contributed by atoms with Gasteiger partial charge in [0.15, 0.2) is 0 Å². The van der Waals surface area contributed by atoms with Gasteiger partial charge in [0.1, 0.15) is 10.6 Å². The van der Waals surface area contributed by atoms with Gasteiger partial charge in [-0.05, 0) is 0 Å². The highest BCUT2D eigenvalue weighted by Crippen LogP contribution is 2.32. The molecule has 1 aromatic carbocycles. The number of nitrogens with zero attached hydrogens (tertiary/aromatic N) is 1. The third kappa shape index (κ3) is 2.39. The number of nitro benzene ring substituents is 1. The molecule has 0 aliphatic carbocycles. The van der Waals surface area contributed by atoms with E-state index in [9.17, 15) is 22.9 Å². The second-order valence-corrected chi connectivity index (χ2v) is 5.18. The van der Waals surface area contributed by atoms with Crippen molar-refractivity contribution in [3.8, 4) is 5.75 Å². The van der Waals surface area contributed by atoms with E-state index in [1.54, 1.807) is 0 Å². The van der Waals surface area contributed by atoms with Gasteiger partial charge in [0.05, 0.1) is 12.0 Å². The Bertz CT molecular complexity index is 544. The van der Waals surface area contributed by atoms with Crippen LogP contribution in [0.1, 0.15) is 0 Å². The van der Waals surface area contributed by atoms with Crippen molar-refractivity contribution in [1.29, 1.82) is 0 Å². The lowest BCUT2D eigenvalue weighted by Crippen LogP contribution is -2.00. The van der Waals surface area contributed by atoms with Crippen molar-refractivity contribution >= 4 is 25.4 Å². The van der Waals surface area contributed by atoms with Crippen molar-refractivity contribution in [3.63, 3.8) is 0 Å². The average molecular weight is 270 g/mol. The fourth-order valence-electron chi connectivity index (χ4n) is 1.01. The van der Waals surface area contributed by atoms with Gasteiger partial charge in [-0.2, -0.15) is 4.39 Å². The van der Waals surface area contributed by atoms with Gasteiger partial charge in [-0.3, -0.25) is 10.1 Å². The van der Waals surface area contributed by atoms with Crippen molar-refractivity contribution in [2.45, 2.75) is 4.90 Å². The van der Waals surface area contributed by atoms with Gasteiger partial charge in [-0.1, -0.05) is 0 Å². The van der Waals surface area contributed by atoms with E-state index in [0.717, 1.165) is 7.11 Å². The van der Waals surface area contributed by atoms with Crippen LogP contribution in [0.2, 0.25) is 0 Å². The summed E-state index contributed by atoms with van der Waals surface area (Å²) in [4.78, 5) is 8.68. The smallest absolute Gasteiger partial charge is 0.306 e. The van der Waals surface area contributed by atoms with Crippen LogP contribution in [0.5, 0.6) is 5.75 Å². The summed E-state index contributed by atoms with van der Waals surface area (Å²) in [6.07, 6.45) is 0. The SMILES string of the molecule is COc1cc(F)c([N+](=O)[O-])cc1S(=O)(=O)Cl. The largest absolute Gasteiger partial charge is 0.495 e. The van der Waals surface area contributed by atoms with Gasteiger partial charge in [-0.25, -0.2) is 8.42 Å². The molecule has 9 heteroatoms. The van der Waals surface area contributed by atoms with Crippen LogP contribution in [0.3, 0.4) is 0 Å². The van der Waals surface area contributed by atoms with E-state index < -0.39 is 36.1 Å². The lowest BCUT2D eigenvalue weighted by Gasteiger charge is -2.05. The molecular formula is C7H5ClFNO5S. The first kappa shape index (κ1) is 12.7. The molecule has 0 saturated heterocycles. The highest BCUT2D eigenvalue weighted by Gasteiger charge is 2.25. The second kappa shape index (κ2) is 4.22. The molecule has 0 aliphatic heterocycles. The summed E-state index contributed by atoms with van der Waals surface area (Å²) in [5.41, 5.74) is -0.986. The summed E-state index contributed by atoms with van der Waals surface area (Å²) >= 11 is 0. The Morgan fingerprint density at radius 1 is 1.50 bits per heavy atom. The second-order valence-electron chi connectivity index (χ2n) is 2.65. The van der Waals surface area contributed by atoms with Crippen molar-refractivity contribution in [2.75, 3.05) is 7.11 Å². The van der Waals surface area contributed by atoms with E-state index in [1.165, 1.54) is 0 Å². The molecule has 0 atom stereocenters. The Morgan fingerprint density at radius 2 is 2.06 bits per heavy atom. The minimum Gasteiger partial charge on any atom is -0.495 e. The van der Waals surface area contributed by atoms with E-state index in [-0.39, 0.29) is 0 Å². The summed E-state index contributed by atoms with van der Waals surface area (Å²) < 4.78 is 39.7. The molecular weight excluding hydrogens is 265 g/mol. The maximum atomic E-state index is 13.1. The van der Waals surface area contributed by atoms with Crippen molar-refractivity contribution in [3.05, 3.63) is 28.1 Å². The van der Waals surface area contributed by atoms with Gasteiger partial charge < -0.3 is 4.74 Å². The van der Waals surface area contributed by atoms with Crippen LogP contribution in [-0.4, -0.2) is 20.5 Å². The van der Waals surface area contributed by atoms with Crippen LogP contribution >= 0.6 is 10.7 Å². The Morgan fingerprint density at radius 3 is 2.44 bits per heavy atom. The molecule has 0 bridgehead atoms. The van der Waals surface area contributed by atoms with E-state index in [2.05, 4.69) is 4.74 Å². The summed E-state index contributed by atoms with van der Waals surface area (Å²) in [6, 6.07) is 1.10. The molecule has 1 rings (SSSR count). The summed E-state index contributed by atoms with van der Waals surface area (Å²) in [6.45, 7) is 0. The quantitative estimate of drug-likeness (QED) is 0.473. The lowest BCUT2D eigenvalue weighted by atomic mass is 10.3. The van der Waals surface area contributed by atoms with E-state index >= 15 is 0 Å². The Hall–Kier alpha value is -1.41. The monoisotopic (exact) mass is 269 g/mol. The predicted octanol–water partition coefficient (Wildman–Crippen LogP) is 1.67. The van der Waals surface area contributed by atoms with Crippen molar-refractivity contribution < 1.29 is 22.5 Å². The topological polar surface area (TPSA) is 86.5 Å². The molecule has 0 fully saturated rings. The number of rotatable bonds is 3. The fourth-order valence-corrected chi connectivity index (χ4v) is 2.01. The van der Waals surface area contributed by atoms with Crippen LogP contribution in [0.15, 0.2) is 17.0 Å². The normalized spacial score (nSPS) is 11.2. The number of hydrogen-bond donors (Lipinski definition) is 0. The van der Waals surface area contributed by atoms with E-state index in [0.29, 0.717) is 12.1 Å². The minimum atomic E-state index is -4.24. The van der Waals surface area contributed by atoms with Gasteiger partial charge in [0.25, 0.3) is 9.05 Å². The van der Waals surface area contributed by atoms with Crippen LogP contribution in [0, 0.1) is 15.9 Å². The maximum Gasteiger partial charge on any atom is 0.306 e. The molecule has 6 nitrogen and oxygen atoms in total. The summed E-state index contributed by atoms with van der Waals surface area (Å²) in [5, 5.41) is 10.4. The Labute approximate surface area is 94.2 Å². The van der Waals surface area contributed by atoms with Crippen LogP contribution in [-0.2, 0) is 9.05 Å². The maximum absolute atomic E-state index is 13.1. The number of ether oxygens (including phenoxy) is 1. The highest BCUT2D eigenvalue weighted by atomic mass is 35.7. The molecule has 1 aromatic rings. The first-order valence-electron chi connectivity index (χ1n) is 3.74. The van der Waals surface area contributed by atoms with Crippen LogP contribution in [0.25, 0.3) is 0 Å². The molecule has 16 heavy (non-hydrogen) atoms. The molecule has 0 aliphatic rings. The van der Waals surface area contributed by atoms with E-state index in [4.69, 9.17) is 10.7 Å². The van der Waals surface area contributed by atoms with Gasteiger partial charge in [0, 0.05) is 22.8 Å². The van der Waals surface area contributed by atoms with Crippen molar-refractivity contribution in [2.24, 2.45) is 0 Å². The van der Waals surface area contributed by atoms with Gasteiger partial charge in [-0.15, -0.1) is 0 Å². The molecule has 0 amide bonds. The highest BCUT2D eigenvalue weighted by molar-refractivity contribution is 8.13. The number of nitro groups is 1. The molecule has 0 N–H and O–H groups in total. The third-order valence-electron chi connectivity index (χ3n) is 1.69. The molecule has 0 radical (unpaired) electrons. The number of methoxy groups -OCH3 is 1. The van der Waals surface area contributed by atoms with Crippen LogP contribution < -0.4 is 4.74 Å². The first-order valence-corrected chi connectivity index (χ1v) is 6.05.